The molecule has 8 nitrogen and oxygen atoms in total. The third-order valence-electron chi connectivity index (χ3n) is 3.79. The summed E-state index contributed by atoms with van der Waals surface area (Å²) in [5.74, 6) is -0.157. The van der Waals surface area contributed by atoms with Gasteiger partial charge in [0, 0.05) is 17.4 Å². The van der Waals surface area contributed by atoms with Crippen LogP contribution in [0.5, 0.6) is 5.75 Å². The summed E-state index contributed by atoms with van der Waals surface area (Å²) in [7, 11) is -8.70. The van der Waals surface area contributed by atoms with Gasteiger partial charge < -0.3 is 18.4 Å². The van der Waals surface area contributed by atoms with Gasteiger partial charge in [-0.25, -0.2) is 4.57 Å². The highest BCUT2D eigenvalue weighted by Gasteiger charge is 2.36. The summed E-state index contributed by atoms with van der Waals surface area (Å²) in [5, 5.41) is 0.126. The van der Waals surface area contributed by atoms with Crippen molar-refractivity contribution in [3.8, 4) is 5.75 Å². The Morgan fingerprint density at radius 3 is 1.96 bits per heavy atom. The van der Waals surface area contributed by atoms with Crippen LogP contribution in [0.1, 0.15) is 59.1 Å². The minimum atomic E-state index is -4.91. The van der Waals surface area contributed by atoms with Gasteiger partial charge in [-0.2, -0.15) is 0 Å². The summed E-state index contributed by atoms with van der Waals surface area (Å²) in [6, 6.07) is 2.85. The Labute approximate surface area is 166 Å². The zero-order valence-corrected chi connectivity index (χ0v) is 19.1. The molecule has 0 radical (unpaired) electrons. The van der Waals surface area contributed by atoms with Crippen LogP contribution in [0.25, 0.3) is 0 Å². The van der Waals surface area contributed by atoms with E-state index in [1.807, 2.05) is 0 Å². The average molecular weight is 436 g/mol. The molecule has 0 saturated carbocycles. The minimum Gasteiger partial charge on any atom is -0.404 e. The topological polar surface area (TPSA) is 119 Å². The fraction of sp³-hybridized carbons (Fsp3) is 0.611. The smallest absolute Gasteiger partial charge is 0.404 e. The molecule has 1 aromatic carbocycles. The van der Waals surface area contributed by atoms with Crippen molar-refractivity contribution in [3.05, 3.63) is 23.3 Å². The number of aryl methyl sites for hydroxylation is 1. The van der Waals surface area contributed by atoms with Gasteiger partial charge in [-0.15, -0.1) is 0 Å². The zero-order valence-electron chi connectivity index (χ0n) is 17.3. The van der Waals surface area contributed by atoms with Crippen molar-refractivity contribution in [3.63, 3.8) is 0 Å². The Hall–Kier alpha value is -1.01. The van der Waals surface area contributed by atoms with E-state index in [0.29, 0.717) is 11.1 Å². The van der Waals surface area contributed by atoms with E-state index in [-0.39, 0.29) is 17.5 Å². The van der Waals surface area contributed by atoms with E-state index < -0.39 is 33.0 Å². The first-order valence-electron chi connectivity index (χ1n) is 8.92. The van der Waals surface area contributed by atoms with Crippen LogP contribution in [0.3, 0.4) is 0 Å². The molecule has 0 aliphatic heterocycles. The number of phosphoric acid groups is 1. The van der Waals surface area contributed by atoms with Crippen molar-refractivity contribution in [2.45, 2.75) is 72.5 Å². The van der Waals surface area contributed by atoms with Gasteiger partial charge >= 0.3 is 15.4 Å². The summed E-state index contributed by atoms with van der Waals surface area (Å²) >= 11 is 0. The lowest BCUT2D eigenvalue weighted by Crippen LogP contribution is -2.23. The predicted molar refractivity (Wildman–Crippen MR) is 107 cm³/mol. The highest BCUT2D eigenvalue weighted by atomic mass is 31.2. The molecule has 0 spiro atoms. The standard InChI is InChI=1S/C18H30O8P2/c1-12(2)24-27(20,25-13(3)4)15-10-14(5)17(18(6,7)8-9-19)16(11-15)26-28(21,22)23/h9-13H,8H2,1-7H3,(H2,21,22,23). The molecule has 0 saturated heterocycles. The van der Waals surface area contributed by atoms with Crippen LogP contribution in [0.15, 0.2) is 12.1 Å². The molecule has 1 rings (SSSR count). The quantitative estimate of drug-likeness (QED) is 0.417. The third kappa shape index (κ3) is 6.80. The largest absolute Gasteiger partial charge is 0.524 e. The maximum absolute atomic E-state index is 13.4. The van der Waals surface area contributed by atoms with Crippen LogP contribution in [0.2, 0.25) is 0 Å². The lowest BCUT2D eigenvalue weighted by atomic mass is 9.79. The number of hydrogen-bond donors (Lipinski definition) is 2. The van der Waals surface area contributed by atoms with Crippen LogP contribution in [-0.4, -0.2) is 28.3 Å². The Bertz CT molecular complexity index is 781. The molecule has 0 aromatic heterocycles. The molecule has 0 bridgehead atoms. The number of rotatable bonds is 10. The number of phosphoric ester groups is 1. The average Bonchev–Trinajstić information content (AvgIpc) is 2.42. The van der Waals surface area contributed by atoms with Gasteiger partial charge in [0.1, 0.15) is 12.0 Å². The van der Waals surface area contributed by atoms with Crippen molar-refractivity contribution in [2.24, 2.45) is 0 Å². The summed E-state index contributed by atoms with van der Waals surface area (Å²) in [5.41, 5.74) is 0.219. The molecule has 0 unspecified atom stereocenters. The molecule has 0 atom stereocenters. The number of carbonyl (C=O) groups is 1. The summed E-state index contributed by atoms with van der Waals surface area (Å²) in [6.45, 7) is 12.0. The third-order valence-corrected chi connectivity index (χ3v) is 6.51. The Kier molecular flexibility index (Phi) is 8.23. The molecule has 0 amide bonds. The van der Waals surface area contributed by atoms with E-state index in [9.17, 15) is 23.7 Å². The molecule has 0 heterocycles. The molecule has 1 aromatic rings. The summed E-state index contributed by atoms with van der Waals surface area (Å²) < 4.78 is 41.0. The molecular formula is C18H30O8P2. The van der Waals surface area contributed by atoms with E-state index in [1.165, 1.54) is 6.07 Å². The van der Waals surface area contributed by atoms with Crippen molar-refractivity contribution < 1.29 is 37.3 Å². The fourth-order valence-corrected chi connectivity index (χ4v) is 5.40. The Morgan fingerprint density at radius 2 is 1.57 bits per heavy atom. The predicted octanol–water partition coefficient (Wildman–Crippen LogP) is 4.00. The molecule has 0 aliphatic carbocycles. The van der Waals surface area contributed by atoms with E-state index in [0.717, 1.165) is 6.29 Å². The van der Waals surface area contributed by atoms with Crippen molar-refractivity contribution in [2.75, 3.05) is 0 Å². The fourth-order valence-electron chi connectivity index (χ4n) is 2.97. The summed E-state index contributed by atoms with van der Waals surface area (Å²) in [6.07, 6.45) is 0.000750. The number of aldehydes is 1. The second-order valence-electron chi connectivity index (χ2n) is 7.78. The second-order valence-corrected chi connectivity index (χ2v) is 10.9. The number of benzene rings is 1. The van der Waals surface area contributed by atoms with Gasteiger partial charge in [-0.05, 0) is 52.3 Å². The van der Waals surface area contributed by atoms with E-state index in [2.05, 4.69) is 0 Å². The minimum absolute atomic E-state index is 0.105. The molecule has 0 aliphatic rings. The van der Waals surface area contributed by atoms with Crippen molar-refractivity contribution >= 4 is 27.0 Å². The first-order valence-corrected chi connectivity index (χ1v) is 12.0. The van der Waals surface area contributed by atoms with Gasteiger partial charge in [0.25, 0.3) is 0 Å². The molecule has 0 fully saturated rings. The number of hydrogen-bond acceptors (Lipinski definition) is 6. The first-order chi connectivity index (χ1) is 12.6. The van der Waals surface area contributed by atoms with Crippen LogP contribution in [0.4, 0.5) is 0 Å². The van der Waals surface area contributed by atoms with Crippen LogP contribution in [-0.2, 0) is 28.4 Å². The van der Waals surface area contributed by atoms with Crippen LogP contribution in [0, 0.1) is 6.92 Å². The first kappa shape index (κ1) is 25.0. The van der Waals surface area contributed by atoms with Gasteiger partial charge in [0.05, 0.1) is 17.5 Å². The van der Waals surface area contributed by atoms with Gasteiger partial charge in [0.2, 0.25) is 0 Å². The molecule has 2 N–H and O–H groups in total. The monoisotopic (exact) mass is 436 g/mol. The molecular weight excluding hydrogens is 406 g/mol. The van der Waals surface area contributed by atoms with E-state index in [4.69, 9.17) is 13.6 Å². The highest BCUT2D eigenvalue weighted by Crippen LogP contribution is 2.52. The van der Waals surface area contributed by atoms with E-state index in [1.54, 1.807) is 54.5 Å². The molecule has 10 heteroatoms. The SMILES string of the molecule is Cc1cc(P(=O)(OC(C)C)OC(C)C)cc(OP(=O)(O)O)c1C(C)(C)CC=O. The Balaban J connectivity index is 3.73. The van der Waals surface area contributed by atoms with Gasteiger partial charge in [-0.3, -0.25) is 14.4 Å². The van der Waals surface area contributed by atoms with Crippen molar-refractivity contribution in [1.29, 1.82) is 0 Å². The highest BCUT2D eigenvalue weighted by molar-refractivity contribution is 7.62. The Morgan fingerprint density at radius 1 is 1.07 bits per heavy atom. The van der Waals surface area contributed by atoms with E-state index >= 15 is 0 Å². The van der Waals surface area contributed by atoms with Crippen LogP contribution >= 0.6 is 15.4 Å². The normalized spacial score (nSPS) is 13.2. The number of carbonyl (C=O) groups excluding carboxylic acids is 1. The van der Waals surface area contributed by atoms with Gasteiger partial charge in [0.15, 0.2) is 0 Å². The maximum atomic E-state index is 13.4. The van der Waals surface area contributed by atoms with Crippen molar-refractivity contribution in [1.82, 2.24) is 0 Å². The summed E-state index contributed by atoms with van der Waals surface area (Å²) in [4.78, 5) is 29.8. The second kappa shape index (κ2) is 9.21. The lowest BCUT2D eigenvalue weighted by Gasteiger charge is -2.30. The maximum Gasteiger partial charge on any atom is 0.524 e. The molecule has 160 valence electrons. The lowest BCUT2D eigenvalue weighted by molar-refractivity contribution is -0.108. The molecule has 28 heavy (non-hydrogen) atoms. The van der Waals surface area contributed by atoms with Gasteiger partial charge in [-0.1, -0.05) is 13.8 Å². The van der Waals surface area contributed by atoms with Crippen LogP contribution < -0.4 is 9.83 Å². The zero-order chi connectivity index (χ0) is 21.9.